The van der Waals surface area contributed by atoms with Gasteiger partial charge >= 0.3 is 6.18 Å². The number of aliphatic hydroxyl groups excluding tert-OH is 2. The molecule has 0 saturated heterocycles. The minimum absolute atomic E-state index is 0.160. The first-order chi connectivity index (χ1) is 9.45. The van der Waals surface area contributed by atoms with Crippen molar-refractivity contribution < 1.29 is 23.4 Å². The molecule has 0 aliphatic heterocycles. The normalized spacial score (nSPS) is 13.4. The average Bonchev–Trinajstić information content (AvgIpc) is 2.41. The van der Waals surface area contributed by atoms with E-state index in [1.807, 2.05) is 0 Å². The van der Waals surface area contributed by atoms with Gasteiger partial charge in [0.15, 0.2) is 0 Å². The summed E-state index contributed by atoms with van der Waals surface area (Å²) in [6, 6.07) is 4.73. The summed E-state index contributed by atoms with van der Waals surface area (Å²) in [7, 11) is 0. The summed E-state index contributed by atoms with van der Waals surface area (Å²) < 4.78 is 37.6. The van der Waals surface area contributed by atoms with Crippen LogP contribution in [0.25, 0.3) is 0 Å². The van der Waals surface area contributed by atoms with Gasteiger partial charge in [-0.05, 0) is 43.5 Å². The highest BCUT2D eigenvalue weighted by molar-refractivity contribution is 5.27. The van der Waals surface area contributed by atoms with Crippen molar-refractivity contribution in [2.75, 3.05) is 19.7 Å². The van der Waals surface area contributed by atoms with Crippen LogP contribution >= 0.6 is 0 Å². The first kappa shape index (κ1) is 16.9. The third-order valence-corrected chi connectivity index (χ3v) is 2.95. The van der Waals surface area contributed by atoms with E-state index >= 15 is 0 Å². The first-order valence-electron chi connectivity index (χ1n) is 6.62. The van der Waals surface area contributed by atoms with Gasteiger partial charge in [0.1, 0.15) is 0 Å². The van der Waals surface area contributed by atoms with Gasteiger partial charge in [-0.25, -0.2) is 0 Å². The predicted octanol–water partition coefficient (Wildman–Crippen LogP) is 2.49. The van der Waals surface area contributed by atoms with E-state index in [4.69, 9.17) is 5.11 Å². The molecule has 0 aromatic heterocycles. The van der Waals surface area contributed by atoms with Gasteiger partial charge in [-0.15, -0.1) is 0 Å². The van der Waals surface area contributed by atoms with Crippen molar-refractivity contribution in [2.45, 2.75) is 31.5 Å². The van der Waals surface area contributed by atoms with Crippen molar-refractivity contribution in [1.82, 2.24) is 5.32 Å². The fourth-order valence-electron chi connectivity index (χ4n) is 1.82. The number of benzene rings is 1. The lowest BCUT2D eigenvalue weighted by molar-refractivity contribution is -0.137. The molecular formula is C14H20F3NO2. The second kappa shape index (κ2) is 8.24. The molecule has 0 aliphatic rings. The number of unbranched alkanes of at least 4 members (excludes halogenated alkanes) is 2. The molecule has 6 heteroatoms. The quantitative estimate of drug-likeness (QED) is 0.645. The Kier molecular flexibility index (Phi) is 6.98. The molecule has 1 aromatic carbocycles. The van der Waals surface area contributed by atoms with Crippen LogP contribution < -0.4 is 5.32 Å². The number of aliphatic hydroxyl groups is 2. The predicted molar refractivity (Wildman–Crippen MR) is 70.2 cm³/mol. The standard InChI is InChI=1S/C14H20F3NO2/c15-14(16,17)12-6-4-5-11(9-12)13(20)10-18-7-2-1-3-8-19/h4-6,9,13,18-20H,1-3,7-8,10H2. The van der Waals surface area contributed by atoms with Gasteiger partial charge in [0.05, 0.1) is 11.7 Å². The summed E-state index contributed by atoms with van der Waals surface area (Å²) >= 11 is 0. The molecule has 0 saturated carbocycles. The largest absolute Gasteiger partial charge is 0.416 e. The van der Waals surface area contributed by atoms with Crippen molar-refractivity contribution in [2.24, 2.45) is 0 Å². The molecule has 20 heavy (non-hydrogen) atoms. The smallest absolute Gasteiger partial charge is 0.396 e. The van der Waals surface area contributed by atoms with Gasteiger partial charge in [-0.2, -0.15) is 13.2 Å². The van der Waals surface area contributed by atoms with Crippen molar-refractivity contribution >= 4 is 0 Å². The van der Waals surface area contributed by atoms with Crippen LogP contribution in [0.3, 0.4) is 0 Å². The molecule has 114 valence electrons. The summed E-state index contributed by atoms with van der Waals surface area (Å²) in [4.78, 5) is 0. The fraction of sp³-hybridized carbons (Fsp3) is 0.571. The van der Waals surface area contributed by atoms with Gasteiger partial charge in [-0.1, -0.05) is 12.1 Å². The zero-order chi connectivity index (χ0) is 15.0. The Morgan fingerprint density at radius 3 is 2.55 bits per heavy atom. The summed E-state index contributed by atoms with van der Waals surface area (Å²) in [6.45, 7) is 1.03. The van der Waals surface area contributed by atoms with E-state index in [2.05, 4.69) is 5.32 Å². The summed E-state index contributed by atoms with van der Waals surface area (Å²) in [5, 5.41) is 21.4. The number of halogens is 3. The van der Waals surface area contributed by atoms with Crippen LogP contribution in [-0.4, -0.2) is 29.9 Å². The molecule has 0 amide bonds. The van der Waals surface area contributed by atoms with Crippen LogP contribution in [0.4, 0.5) is 13.2 Å². The van der Waals surface area contributed by atoms with Crippen molar-refractivity contribution in [3.05, 3.63) is 35.4 Å². The summed E-state index contributed by atoms with van der Waals surface area (Å²) in [5.41, 5.74) is -0.500. The molecule has 1 atom stereocenters. The van der Waals surface area contributed by atoms with Crippen LogP contribution in [0, 0.1) is 0 Å². The van der Waals surface area contributed by atoms with E-state index < -0.39 is 17.8 Å². The number of alkyl halides is 3. The number of rotatable bonds is 8. The molecule has 0 bridgehead atoms. The monoisotopic (exact) mass is 291 g/mol. The Bertz CT molecular complexity index is 396. The topological polar surface area (TPSA) is 52.5 Å². The fourth-order valence-corrected chi connectivity index (χ4v) is 1.82. The molecule has 1 unspecified atom stereocenters. The van der Waals surface area contributed by atoms with Crippen molar-refractivity contribution in [1.29, 1.82) is 0 Å². The Balaban J connectivity index is 2.41. The van der Waals surface area contributed by atoms with E-state index in [1.54, 1.807) is 0 Å². The highest BCUT2D eigenvalue weighted by Gasteiger charge is 2.30. The maximum Gasteiger partial charge on any atom is 0.416 e. The van der Waals surface area contributed by atoms with Gasteiger partial charge in [0.2, 0.25) is 0 Å². The highest BCUT2D eigenvalue weighted by atomic mass is 19.4. The maximum atomic E-state index is 12.5. The van der Waals surface area contributed by atoms with E-state index in [9.17, 15) is 18.3 Å². The lowest BCUT2D eigenvalue weighted by Crippen LogP contribution is -2.22. The number of hydrogen-bond acceptors (Lipinski definition) is 3. The van der Waals surface area contributed by atoms with Crippen LogP contribution in [0.15, 0.2) is 24.3 Å². The molecule has 0 radical (unpaired) electrons. The Hall–Kier alpha value is -1.11. The molecule has 1 rings (SSSR count). The molecule has 0 fully saturated rings. The Labute approximate surface area is 116 Å². The zero-order valence-corrected chi connectivity index (χ0v) is 11.2. The molecule has 0 heterocycles. The van der Waals surface area contributed by atoms with Crippen LogP contribution in [0.5, 0.6) is 0 Å². The van der Waals surface area contributed by atoms with Crippen molar-refractivity contribution in [3.8, 4) is 0 Å². The maximum absolute atomic E-state index is 12.5. The van der Waals surface area contributed by atoms with E-state index in [1.165, 1.54) is 12.1 Å². The SMILES string of the molecule is OCCCCCNCC(O)c1cccc(C(F)(F)F)c1. The molecule has 1 aromatic rings. The second-order valence-electron chi connectivity index (χ2n) is 4.63. The van der Waals surface area contributed by atoms with E-state index in [0.717, 1.165) is 31.4 Å². The minimum atomic E-state index is -4.40. The lowest BCUT2D eigenvalue weighted by Gasteiger charge is -2.14. The summed E-state index contributed by atoms with van der Waals surface area (Å²) in [6.07, 6.45) is -2.89. The van der Waals surface area contributed by atoms with Gasteiger partial charge in [0, 0.05) is 13.2 Å². The highest BCUT2D eigenvalue weighted by Crippen LogP contribution is 2.30. The molecule has 0 aliphatic carbocycles. The Morgan fingerprint density at radius 1 is 1.15 bits per heavy atom. The summed E-state index contributed by atoms with van der Waals surface area (Å²) in [5.74, 6) is 0. The van der Waals surface area contributed by atoms with Gasteiger partial charge in [-0.3, -0.25) is 0 Å². The lowest BCUT2D eigenvalue weighted by atomic mass is 10.1. The van der Waals surface area contributed by atoms with Gasteiger partial charge < -0.3 is 15.5 Å². The number of nitrogens with one attached hydrogen (secondary N) is 1. The van der Waals surface area contributed by atoms with Crippen LogP contribution in [0.2, 0.25) is 0 Å². The van der Waals surface area contributed by atoms with E-state index in [-0.39, 0.29) is 18.7 Å². The first-order valence-corrected chi connectivity index (χ1v) is 6.62. The second-order valence-corrected chi connectivity index (χ2v) is 4.63. The minimum Gasteiger partial charge on any atom is -0.396 e. The molecule has 0 spiro atoms. The number of hydrogen-bond donors (Lipinski definition) is 3. The van der Waals surface area contributed by atoms with Crippen molar-refractivity contribution in [3.63, 3.8) is 0 Å². The van der Waals surface area contributed by atoms with E-state index in [0.29, 0.717) is 6.54 Å². The zero-order valence-electron chi connectivity index (χ0n) is 11.2. The molecule has 3 nitrogen and oxygen atoms in total. The van der Waals surface area contributed by atoms with Crippen LogP contribution in [0.1, 0.15) is 36.5 Å². The Morgan fingerprint density at radius 2 is 1.90 bits per heavy atom. The average molecular weight is 291 g/mol. The third-order valence-electron chi connectivity index (χ3n) is 2.95. The third kappa shape index (κ3) is 5.90. The van der Waals surface area contributed by atoms with Gasteiger partial charge in [0.25, 0.3) is 0 Å². The molecule has 3 N–H and O–H groups in total. The van der Waals surface area contributed by atoms with Crippen LogP contribution in [-0.2, 0) is 6.18 Å². The molecular weight excluding hydrogens is 271 g/mol.